The third-order valence-electron chi connectivity index (χ3n) is 4.36. The molecule has 7 N–H and O–H groups in total. The first-order valence-electron chi connectivity index (χ1n) is 9.03. The topological polar surface area (TPSA) is 198 Å². The molecular weight excluding hydrogens is 434 g/mol. The van der Waals surface area contributed by atoms with Crippen LogP contribution >= 0.6 is 11.8 Å². The minimum absolute atomic E-state index is 0.00117. The summed E-state index contributed by atoms with van der Waals surface area (Å²) in [5.41, 5.74) is 5.46. The van der Waals surface area contributed by atoms with Gasteiger partial charge in [0.05, 0.1) is 19.3 Å². The zero-order chi connectivity index (χ0) is 23.1. The summed E-state index contributed by atoms with van der Waals surface area (Å²) >= 11 is 1.08. The van der Waals surface area contributed by atoms with Crippen LogP contribution in [0, 0.1) is 0 Å². The van der Waals surface area contributed by atoms with E-state index in [1.165, 1.54) is 6.07 Å². The Kier molecular flexibility index (Phi) is 8.47. The van der Waals surface area contributed by atoms with E-state index in [0.29, 0.717) is 0 Å². The van der Waals surface area contributed by atoms with Crippen molar-refractivity contribution in [2.24, 2.45) is 5.73 Å². The van der Waals surface area contributed by atoms with Crippen LogP contribution in [0.3, 0.4) is 0 Å². The number of aliphatic hydroxyl groups excluding tert-OH is 1. The lowest BCUT2D eigenvalue weighted by atomic mass is 10.1. The lowest BCUT2D eigenvalue weighted by molar-refractivity contribution is -0.144. The van der Waals surface area contributed by atoms with E-state index in [4.69, 9.17) is 15.6 Å². The number of aliphatic hydroxyl groups is 1. The molecule has 0 fully saturated rings. The number of phenolic OH excluding ortho intramolecular Hbond substituents is 2. The van der Waals surface area contributed by atoms with Gasteiger partial charge in [0.15, 0.2) is 11.5 Å². The normalized spacial score (nSPS) is 20.7. The highest BCUT2D eigenvalue weighted by molar-refractivity contribution is 7.98. The summed E-state index contributed by atoms with van der Waals surface area (Å²) in [6.45, 7) is -1.31. The number of esters is 2. The van der Waals surface area contributed by atoms with Crippen molar-refractivity contribution >= 4 is 35.5 Å². The molecule has 0 radical (unpaired) electrons. The number of hydrogen-bond donors (Lipinski definition) is 6. The number of nitrogens with two attached hydrogens (primary N) is 1. The summed E-state index contributed by atoms with van der Waals surface area (Å²) in [5, 5.41) is 33.6. The van der Waals surface area contributed by atoms with Crippen molar-refractivity contribution in [1.29, 1.82) is 0 Å². The molecule has 2 rings (SSSR count). The zero-order valence-electron chi connectivity index (χ0n) is 16.5. The van der Waals surface area contributed by atoms with Gasteiger partial charge in [-0.05, 0) is 12.1 Å². The van der Waals surface area contributed by atoms with E-state index >= 15 is 0 Å². The van der Waals surface area contributed by atoms with Crippen LogP contribution in [0.2, 0.25) is 0 Å². The first kappa shape index (κ1) is 24.2. The van der Waals surface area contributed by atoms with Crippen molar-refractivity contribution in [3.05, 3.63) is 23.3 Å². The molecule has 0 aliphatic carbocycles. The van der Waals surface area contributed by atoms with Gasteiger partial charge >= 0.3 is 11.9 Å². The van der Waals surface area contributed by atoms with Crippen LogP contribution in [-0.2, 0) is 29.6 Å². The number of fused-ring (bicyclic) bond motifs is 1. The van der Waals surface area contributed by atoms with Crippen LogP contribution in [-0.4, -0.2) is 83.3 Å². The molecule has 170 valence electrons. The molecule has 13 heteroatoms. The molecule has 0 bridgehead atoms. The molecule has 3 atom stereocenters. The molecule has 2 amide bonds. The number of cyclic esters (lactones) is 1. The maximum Gasteiger partial charge on any atom is 0.338 e. The van der Waals surface area contributed by atoms with Crippen LogP contribution < -0.4 is 16.4 Å². The van der Waals surface area contributed by atoms with E-state index in [9.17, 15) is 29.4 Å². The van der Waals surface area contributed by atoms with E-state index in [1.807, 2.05) is 0 Å². The van der Waals surface area contributed by atoms with Gasteiger partial charge in [-0.3, -0.25) is 9.59 Å². The highest BCUT2D eigenvalue weighted by atomic mass is 32.2. The van der Waals surface area contributed by atoms with Crippen molar-refractivity contribution in [3.8, 4) is 11.5 Å². The Bertz CT molecular complexity index is 864. The Morgan fingerprint density at radius 2 is 2.10 bits per heavy atom. The number of rotatable bonds is 4. The lowest BCUT2D eigenvalue weighted by Crippen LogP contribution is -2.57. The van der Waals surface area contributed by atoms with E-state index in [2.05, 4.69) is 15.4 Å². The minimum Gasteiger partial charge on any atom is -0.504 e. The second-order valence-electron chi connectivity index (χ2n) is 6.51. The van der Waals surface area contributed by atoms with Crippen LogP contribution in [0.4, 0.5) is 0 Å². The molecule has 1 aliphatic rings. The van der Waals surface area contributed by atoms with Crippen molar-refractivity contribution in [3.63, 3.8) is 0 Å². The van der Waals surface area contributed by atoms with E-state index < -0.39 is 66.6 Å². The Morgan fingerprint density at radius 3 is 2.74 bits per heavy atom. The number of carbonyl (C=O) groups excluding carboxylic acids is 4. The SMILES string of the molecule is COC(=O)[C@@H]1CSCc2c(ccc(O)c2O)C(=O)OC[C@H](NC(=O)[C@@H](N)CO)C(=O)N1. The average Bonchev–Trinajstić information content (AvgIpc) is 2.76. The molecule has 0 aromatic heterocycles. The summed E-state index contributed by atoms with van der Waals surface area (Å²) in [4.78, 5) is 49.3. The van der Waals surface area contributed by atoms with Gasteiger partial charge in [0, 0.05) is 17.1 Å². The number of nitrogens with one attached hydrogen (secondary N) is 2. The van der Waals surface area contributed by atoms with Gasteiger partial charge in [0.1, 0.15) is 24.7 Å². The monoisotopic (exact) mass is 457 g/mol. The fourth-order valence-corrected chi connectivity index (χ4v) is 3.67. The summed E-state index contributed by atoms with van der Waals surface area (Å²) in [6.07, 6.45) is 0. The van der Waals surface area contributed by atoms with Crippen LogP contribution in [0.15, 0.2) is 12.1 Å². The third kappa shape index (κ3) is 5.99. The van der Waals surface area contributed by atoms with Gasteiger partial charge in [0.2, 0.25) is 11.8 Å². The summed E-state index contributed by atoms with van der Waals surface area (Å²) in [6, 6.07) is -1.52. The number of thioether (sulfide) groups is 1. The van der Waals surface area contributed by atoms with Crippen molar-refractivity contribution in [1.82, 2.24) is 10.6 Å². The van der Waals surface area contributed by atoms with Gasteiger partial charge in [-0.15, -0.1) is 0 Å². The molecule has 0 saturated carbocycles. The predicted molar refractivity (Wildman–Crippen MR) is 107 cm³/mol. The summed E-state index contributed by atoms with van der Waals surface area (Å²) in [7, 11) is 1.13. The Balaban J connectivity index is 2.38. The van der Waals surface area contributed by atoms with E-state index in [1.54, 1.807) is 0 Å². The fraction of sp³-hybridized carbons (Fsp3) is 0.444. The van der Waals surface area contributed by atoms with E-state index in [0.717, 1.165) is 24.9 Å². The Morgan fingerprint density at radius 1 is 1.39 bits per heavy atom. The van der Waals surface area contributed by atoms with Crippen LogP contribution in [0.1, 0.15) is 15.9 Å². The molecular formula is C18H23N3O9S. The predicted octanol–water partition coefficient (Wildman–Crippen LogP) is -2.04. The third-order valence-corrected chi connectivity index (χ3v) is 5.42. The number of amides is 2. The number of carbonyl (C=O) groups is 4. The molecule has 0 saturated heterocycles. The highest BCUT2D eigenvalue weighted by Crippen LogP contribution is 2.34. The van der Waals surface area contributed by atoms with Crippen molar-refractivity contribution in [2.45, 2.75) is 23.9 Å². The number of phenols is 2. The van der Waals surface area contributed by atoms with Crippen molar-refractivity contribution < 1.29 is 44.0 Å². The highest BCUT2D eigenvalue weighted by Gasteiger charge is 2.31. The maximum absolute atomic E-state index is 12.6. The largest absolute Gasteiger partial charge is 0.504 e. The van der Waals surface area contributed by atoms with Crippen LogP contribution in [0.25, 0.3) is 0 Å². The Hall–Kier alpha value is -3.03. The minimum atomic E-state index is -1.43. The van der Waals surface area contributed by atoms with Crippen LogP contribution in [0.5, 0.6) is 11.5 Å². The smallest absolute Gasteiger partial charge is 0.338 e. The van der Waals surface area contributed by atoms with Gasteiger partial charge < -0.3 is 41.2 Å². The van der Waals surface area contributed by atoms with Gasteiger partial charge in [-0.1, -0.05) is 0 Å². The van der Waals surface area contributed by atoms with Gasteiger partial charge in [0.25, 0.3) is 0 Å². The lowest BCUT2D eigenvalue weighted by Gasteiger charge is -2.24. The first-order chi connectivity index (χ1) is 14.7. The van der Waals surface area contributed by atoms with E-state index in [-0.39, 0.29) is 22.6 Å². The molecule has 31 heavy (non-hydrogen) atoms. The molecule has 1 aromatic rings. The van der Waals surface area contributed by atoms with Gasteiger partial charge in [-0.2, -0.15) is 11.8 Å². The first-order valence-corrected chi connectivity index (χ1v) is 10.2. The molecule has 1 aliphatic heterocycles. The standard InChI is InChI=1S/C18H23N3O9S/c1-29-18(28)12-7-31-6-9-8(2-3-13(23)14(9)24)17(27)30-5-11(16(26)21-12)20-15(25)10(19)4-22/h2-3,10-12,22-24H,4-7,19H2,1H3,(H,20,25)(H,21,26)/t10-,11-,12-/m0/s1. The molecule has 0 unspecified atom stereocenters. The number of hydrogen-bond acceptors (Lipinski definition) is 11. The quantitative estimate of drug-likeness (QED) is 0.215. The number of benzene rings is 1. The molecule has 1 aromatic carbocycles. The van der Waals surface area contributed by atoms with Crippen molar-refractivity contribution in [2.75, 3.05) is 26.1 Å². The summed E-state index contributed by atoms with van der Waals surface area (Å²) < 4.78 is 9.80. The Labute approximate surface area is 181 Å². The maximum atomic E-state index is 12.6. The average molecular weight is 457 g/mol. The number of ether oxygens (including phenoxy) is 2. The number of aromatic hydroxyl groups is 2. The number of methoxy groups -OCH3 is 1. The molecule has 12 nitrogen and oxygen atoms in total. The second kappa shape index (κ2) is 10.8. The molecule has 0 spiro atoms. The zero-order valence-corrected chi connectivity index (χ0v) is 17.3. The van der Waals surface area contributed by atoms with Gasteiger partial charge in [-0.25, -0.2) is 9.59 Å². The fourth-order valence-electron chi connectivity index (χ4n) is 2.60. The molecule has 1 heterocycles. The second-order valence-corrected chi connectivity index (χ2v) is 7.54. The summed E-state index contributed by atoms with van der Waals surface area (Å²) in [5.74, 6) is -4.33.